The molecule has 0 N–H and O–H groups in total. The van der Waals surface area contributed by atoms with Crippen LogP contribution in [-0.2, 0) is 21.0 Å². The first-order valence-electron chi connectivity index (χ1n) is 16.6. The van der Waals surface area contributed by atoms with Crippen LogP contribution in [-0.4, -0.2) is 117 Å². The lowest BCUT2D eigenvalue weighted by atomic mass is 9.96. The van der Waals surface area contributed by atoms with Crippen LogP contribution in [0.25, 0.3) is 10.9 Å². The lowest BCUT2D eigenvalue weighted by molar-refractivity contribution is 0.0449. The summed E-state index contributed by atoms with van der Waals surface area (Å²) in [7, 11) is -4.29. The summed E-state index contributed by atoms with van der Waals surface area (Å²) in [4.78, 5) is 14.6. The molecule has 2 aromatic carbocycles. The summed E-state index contributed by atoms with van der Waals surface area (Å²) in [6.07, 6.45) is 7.13. The molecule has 6 rings (SSSR count). The topological polar surface area (TPSA) is 92.3 Å². The van der Waals surface area contributed by atoms with Gasteiger partial charge in [0.2, 0.25) is 9.84 Å². The zero-order valence-electron chi connectivity index (χ0n) is 27.2. The number of halogens is 1. The van der Waals surface area contributed by atoms with E-state index in [0.29, 0.717) is 53.3 Å². The summed E-state index contributed by atoms with van der Waals surface area (Å²) in [6, 6.07) is 10.3. The number of hydrogen-bond donors (Lipinski definition) is 0. The molecule has 0 spiro atoms. The van der Waals surface area contributed by atoms with Crippen molar-refractivity contribution < 1.29 is 22.1 Å². The van der Waals surface area contributed by atoms with E-state index < -0.39 is 31.7 Å². The van der Waals surface area contributed by atoms with Gasteiger partial charge in [0.25, 0.3) is 0 Å². The Kier molecular flexibility index (Phi) is 10.4. The number of sulfone groups is 1. The molecule has 0 aliphatic carbocycles. The SMILES string of the molecule is CCOc1ccc(S(=O)(=O)c2cnc3ccc([S+](C)[O-])cc3c2N2CCC(N3CCC(N4CCN(CC)CC4)CC3)CC2)c(F)c1. The molecule has 3 fully saturated rings. The number of hydrogen-bond acceptors (Lipinski definition) is 9. The molecule has 3 saturated heterocycles. The Bertz CT molecular complexity index is 1620. The molecule has 1 aromatic heterocycles. The normalized spacial score (nSPS) is 20.8. The molecule has 0 bridgehead atoms. The largest absolute Gasteiger partial charge is 0.612 e. The number of aromatic nitrogens is 1. The molecule has 0 saturated carbocycles. The van der Waals surface area contributed by atoms with Crippen LogP contribution in [0.4, 0.5) is 10.1 Å². The number of likely N-dealkylation sites (N-methyl/N-ethyl adjacent to an activating group) is 1. The molecule has 12 heteroatoms. The number of piperazine rings is 1. The van der Waals surface area contributed by atoms with Gasteiger partial charge < -0.3 is 24.0 Å². The lowest BCUT2D eigenvalue weighted by Gasteiger charge is -2.46. The molecule has 1 atom stereocenters. The molecule has 3 aliphatic rings. The van der Waals surface area contributed by atoms with Gasteiger partial charge in [-0.05, 0) is 87.7 Å². The van der Waals surface area contributed by atoms with Gasteiger partial charge in [-0.2, -0.15) is 0 Å². The summed E-state index contributed by atoms with van der Waals surface area (Å²) < 4.78 is 61.4. The minimum absolute atomic E-state index is 0.0375. The third-order valence-electron chi connectivity index (χ3n) is 10.1. The van der Waals surface area contributed by atoms with Crippen molar-refractivity contribution in [2.24, 2.45) is 0 Å². The van der Waals surface area contributed by atoms with Crippen LogP contribution in [0.2, 0.25) is 0 Å². The Morgan fingerprint density at radius 1 is 0.891 bits per heavy atom. The second-order valence-electron chi connectivity index (χ2n) is 12.6. The summed E-state index contributed by atoms with van der Waals surface area (Å²) in [6.45, 7) is 13.7. The van der Waals surface area contributed by atoms with Gasteiger partial charge in [0.15, 0.2) is 4.90 Å². The third kappa shape index (κ3) is 6.88. The molecular formula is C34H46FN5O4S2. The zero-order chi connectivity index (χ0) is 32.4. The van der Waals surface area contributed by atoms with Crippen LogP contribution in [0.3, 0.4) is 0 Å². The van der Waals surface area contributed by atoms with E-state index in [2.05, 4.69) is 31.5 Å². The molecule has 250 valence electrons. The monoisotopic (exact) mass is 671 g/mol. The van der Waals surface area contributed by atoms with Gasteiger partial charge in [-0.15, -0.1) is 0 Å². The molecule has 0 radical (unpaired) electrons. The number of fused-ring (bicyclic) bond motifs is 1. The van der Waals surface area contributed by atoms with Crippen molar-refractivity contribution in [3.05, 3.63) is 48.4 Å². The van der Waals surface area contributed by atoms with Crippen LogP contribution in [0.5, 0.6) is 5.75 Å². The number of anilines is 1. The van der Waals surface area contributed by atoms with E-state index in [1.165, 1.54) is 31.2 Å². The van der Waals surface area contributed by atoms with Crippen molar-refractivity contribution in [3.63, 3.8) is 0 Å². The highest BCUT2D eigenvalue weighted by Gasteiger charge is 2.35. The fourth-order valence-corrected chi connectivity index (χ4v) is 9.46. The van der Waals surface area contributed by atoms with Crippen molar-refractivity contribution in [1.29, 1.82) is 0 Å². The maximum Gasteiger partial charge on any atom is 0.213 e. The van der Waals surface area contributed by atoms with Crippen molar-refractivity contribution in [2.75, 3.05) is 76.7 Å². The van der Waals surface area contributed by atoms with Gasteiger partial charge >= 0.3 is 0 Å². The number of likely N-dealkylation sites (tertiary alicyclic amines) is 1. The molecule has 0 amide bonds. The van der Waals surface area contributed by atoms with Gasteiger partial charge in [0.1, 0.15) is 27.6 Å². The van der Waals surface area contributed by atoms with Crippen molar-refractivity contribution in [3.8, 4) is 5.75 Å². The Labute approximate surface area is 275 Å². The highest BCUT2D eigenvalue weighted by molar-refractivity contribution is 7.91. The van der Waals surface area contributed by atoms with Crippen LogP contribution in [0.1, 0.15) is 39.5 Å². The first kappa shape index (κ1) is 33.4. The van der Waals surface area contributed by atoms with Gasteiger partial charge in [0, 0.05) is 75.1 Å². The highest BCUT2D eigenvalue weighted by atomic mass is 32.2. The second kappa shape index (κ2) is 14.3. The molecule has 3 aliphatic heterocycles. The van der Waals surface area contributed by atoms with Crippen LogP contribution >= 0.6 is 0 Å². The molecule has 4 heterocycles. The summed E-state index contributed by atoms with van der Waals surface area (Å²) in [5, 5.41) is 0.613. The summed E-state index contributed by atoms with van der Waals surface area (Å²) in [5.74, 6) is -0.592. The number of benzene rings is 2. The predicted octanol–water partition coefficient (Wildman–Crippen LogP) is 4.41. The number of piperidine rings is 2. The first-order valence-corrected chi connectivity index (χ1v) is 19.6. The molecule has 1 unspecified atom stereocenters. The van der Waals surface area contributed by atoms with Gasteiger partial charge in [-0.1, -0.05) is 6.92 Å². The zero-order valence-corrected chi connectivity index (χ0v) is 28.8. The minimum atomic E-state index is -4.29. The van der Waals surface area contributed by atoms with Gasteiger partial charge in [-0.3, -0.25) is 9.88 Å². The average molecular weight is 672 g/mol. The Morgan fingerprint density at radius 2 is 1.54 bits per heavy atom. The summed E-state index contributed by atoms with van der Waals surface area (Å²) >= 11 is -1.27. The van der Waals surface area contributed by atoms with E-state index in [1.54, 1.807) is 31.4 Å². The smallest absolute Gasteiger partial charge is 0.213 e. The Hall–Kier alpha value is -2.48. The number of pyridine rings is 1. The maximum atomic E-state index is 15.3. The fraction of sp³-hybridized carbons (Fsp3) is 0.559. The highest BCUT2D eigenvalue weighted by Crippen LogP contribution is 2.39. The fourth-order valence-electron chi connectivity index (χ4n) is 7.43. The van der Waals surface area contributed by atoms with E-state index in [4.69, 9.17) is 4.74 Å². The standard InChI is InChI=1S/C34H46FN5O4S2/c1-4-37-18-20-39(21-19-37)26-10-14-38(15-11-26)25-12-16-40(17-13-25)34-29-23-28(45(3)41)7-8-31(29)36-24-33(34)46(42,43)32-9-6-27(44-5-2)22-30(32)35/h6-9,22-26H,4-5,10-21H2,1-3H3. The molecule has 3 aromatic rings. The molecular weight excluding hydrogens is 626 g/mol. The minimum Gasteiger partial charge on any atom is -0.612 e. The summed E-state index contributed by atoms with van der Waals surface area (Å²) in [5.41, 5.74) is 1.12. The number of nitrogens with zero attached hydrogens (tertiary/aromatic N) is 5. The Morgan fingerprint density at radius 3 is 2.15 bits per heavy atom. The van der Waals surface area contributed by atoms with E-state index >= 15 is 4.39 Å². The predicted molar refractivity (Wildman–Crippen MR) is 181 cm³/mol. The Balaban J connectivity index is 1.23. The van der Waals surface area contributed by atoms with E-state index in [-0.39, 0.29) is 10.6 Å². The van der Waals surface area contributed by atoms with E-state index in [9.17, 15) is 13.0 Å². The third-order valence-corrected chi connectivity index (χ3v) is 12.8. The lowest BCUT2D eigenvalue weighted by Crippen LogP contribution is -2.55. The van der Waals surface area contributed by atoms with E-state index in [1.807, 2.05) is 0 Å². The van der Waals surface area contributed by atoms with Crippen molar-refractivity contribution >= 4 is 37.6 Å². The van der Waals surface area contributed by atoms with E-state index in [0.717, 1.165) is 64.7 Å². The maximum absolute atomic E-state index is 15.3. The molecule has 46 heavy (non-hydrogen) atoms. The van der Waals surface area contributed by atoms with Crippen molar-refractivity contribution in [2.45, 2.75) is 66.3 Å². The number of rotatable bonds is 9. The van der Waals surface area contributed by atoms with Crippen LogP contribution in [0, 0.1) is 5.82 Å². The van der Waals surface area contributed by atoms with Crippen LogP contribution < -0.4 is 9.64 Å². The second-order valence-corrected chi connectivity index (χ2v) is 15.9. The number of ether oxygens (including phenoxy) is 1. The average Bonchev–Trinajstić information content (AvgIpc) is 3.07. The molecule has 9 nitrogen and oxygen atoms in total. The van der Waals surface area contributed by atoms with Gasteiger partial charge in [-0.25, -0.2) is 12.8 Å². The van der Waals surface area contributed by atoms with Gasteiger partial charge in [0.05, 0.1) is 17.8 Å². The van der Waals surface area contributed by atoms with Crippen molar-refractivity contribution in [1.82, 2.24) is 19.7 Å². The van der Waals surface area contributed by atoms with Crippen LogP contribution in [0.15, 0.2) is 57.3 Å². The quantitative estimate of drug-likeness (QED) is 0.307. The first-order chi connectivity index (χ1) is 22.2.